The van der Waals surface area contributed by atoms with Crippen LogP contribution in [0, 0.1) is 20.2 Å². The number of carbonyl (C=O) groups excluding carboxylic acids is 6. The molecule has 0 spiro atoms. The molecular formula is C70H78N8O12S. The zero-order valence-electron chi connectivity index (χ0n) is 53.0. The van der Waals surface area contributed by atoms with Crippen LogP contribution in [0.25, 0.3) is 34.4 Å². The van der Waals surface area contributed by atoms with Gasteiger partial charge in [-0.15, -0.1) is 0 Å². The Hall–Kier alpha value is -9.63. The predicted octanol–water partition coefficient (Wildman–Crippen LogP) is 12.8. The summed E-state index contributed by atoms with van der Waals surface area (Å²) in [7, 11) is 0. The molecule has 2 atom stereocenters. The Balaban J connectivity index is 1.16. The van der Waals surface area contributed by atoms with Crippen LogP contribution in [0.5, 0.6) is 0 Å². The van der Waals surface area contributed by atoms with E-state index in [1.165, 1.54) is 56.0 Å². The average molecular weight is 1260 g/mol. The summed E-state index contributed by atoms with van der Waals surface area (Å²) in [6.45, 7) is 18.1. The molecule has 6 aromatic rings. The third-order valence-corrected chi connectivity index (χ3v) is 16.4. The second-order valence-corrected chi connectivity index (χ2v) is 26.0. The van der Waals surface area contributed by atoms with Crippen molar-refractivity contribution < 1.29 is 48.1 Å². The van der Waals surface area contributed by atoms with Crippen LogP contribution in [-0.4, -0.2) is 128 Å². The fourth-order valence-electron chi connectivity index (χ4n) is 11.0. The number of nitro benzene ring substituents is 2. The van der Waals surface area contributed by atoms with Crippen LogP contribution in [0.4, 0.5) is 21.0 Å². The molecule has 21 heteroatoms. The van der Waals surface area contributed by atoms with E-state index in [-0.39, 0.29) is 96.5 Å². The van der Waals surface area contributed by atoms with Crippen molar-refractivity contribution in [3.63, 3.8) is 0 Å². The molecular weight excluding hydrogens is 1180 g/mol. The van der Waals surface area contributed by atoms with Crippen molar-refractivity contribution in [1.29, 1.82) is 0 Å². The van der Waals surface area contributed by atoms with Gasteiger partial charge in [0.1, 0.15) is 23.3 Å². The van der Waals surface area contributed by atoms with Crippen molar-refractivity contribution in [3.05, 3.63) is 199 Å². The molecule has 2 unspecified atom stereocenters. The average Bonchev–Trinajstić information content (AvgIpc) is 0.801. The first-order valence-electron chi connectivity index (χ1n) is 30.2. The van der Waals surface area contributed by atoms with E-state index in [0.717, 1.165) is 34.0 Å². The SMILES string of the molecule is CC(C)c1ccccc1-c1c(C=CC(=O)N2CCN(C(=O)OC(C)(C)C)C(C(=O)NCc3ccccc3)C2)ccc(Sc2ccc(C=CC(=O)N3CCN(C(=O)OC(C)(C)C)C(C(=O)NCc4ccccc4)C3)c(-c3ccccc3C(C)C)c2[N+](=O)[O-])c1[N+](=O)[O-]. The van der Waals surface area contributed by atoms with Crippen molar-refractivity contribution in [3.8, 4) is 22.3 Å². The van der Waals surface area contributed by atoms with Crippen LogP contribution >= 0.6 is 11.8 Å². The van der Waals surface area contributed by atoms with Crippen LogP contribution in [0.3, 0.4) is 0 Å². The summed E-state index contributed by atoms with van der Waals surface area (Å²) in [5.41, 5.74) is 2.58. The molecule has 2 aliphatic rings. The lowest BCUT2D eigenvalue weighted by molar-refractivity contribution is -0.387. The minimum absolute atomic E-state index is 0.0250. The summed E-state index contributed by atoms with van der Waals surface area (Å²) >= 11 is 0.835. The summed E-state index contributed by atoms with van der Waals surface area (Å²) in [6.07, 6.45) is 4.10. The van der Waals surface area contributed by atoms with E-state index >= 15 is 0 Å². The van der Waals surface area contributed by atoms with E-state index in [9.17, 15) is 49.0 Å². The number of nitrogens with zero attached hydrogens (tertiary/aromatic N) is 6. The molecule has 2 fully saturated rings. The first kappa shape index (κ1) is 67.3. The number of amides is 6. The highest BCUT2D eigenvalue weighted by molar-refractivity contribution is 7.99. The number of ether oxygens (including phenoxy) is 2. The molecule has 91 heavy (non-hydrogen) atoms. The van der Waals surface area contributed by atoms with Crippen LogP contribution in [-0.2, 0) is 41.7 Å². The Morgan fingerprint density at radius 3 is 1.22 bits per heavy atom. The molecule has 20 nitrogen and oxygen atoms in total. The van der Waals surface area contributed by atoms with Gasteiger partial charge in [0.25, 0.3) is 11.4 Å². The summed E-state index contributed by atoms with van der Waals surface area (Å²) in [6, 6.07) is 36.9. The predicted molar refractivity (Wildman–Crippen MR) is 351 cm³/mol. The van der Waals surface area contributed by atoms with Crippen LogP contribution in [0.15, 0.2) is 155 Å². The summed E-state index contributed by atoms with van der Waals surface area (Å²) in [5, 5.41) is 33.5. The van der Waals surface area contributed by atoms with Gasteiger partial charge in [0, 0.05) is 51.4 Å². The van der Waals surface area contributed by atoms with Gasteiger partial charge in [0.15, 0.2) is 0 Å². The molecule has 6 amide bonds. The topological polar surface area (TPSA) is 244 Å². The number of hydrogen-bond acceptors (Lipinski definition) is 13. The zero-order valence-corrected chi connectivity index (χ0v) is 53.8. The largest absolute Gasteiger partial charge is 0.444 e. The van der Waals surface area contributed by atoms with Gasteiger partial charge in [-0.05, 0) is 122 Å². The number of nitrogens with one attached hydrogen (secondary N) is 2. The van der Waals surface area contributed by atoms with E-state index < -0.39 is 68.9 Å². The van der Waals surface area contributed by atoms with E-state index in [1.807, 2.05) is 113 Å². The molecule has 2 heterocycles. The maximum absolute atomic E-state index is 14.4. The molecule has 476 valence electrons. The molecule has 6 aromatic carbocycles. The Bertz CT molecular complexity index is 3520. The minimum atomic E-state index is -1.12. The van der Waals surface area contributed by atoms with Gasteiger partial charge < -0.3 is 29.9 Å². The number of piperazine rings is 2. The Kier molecular flexibility index (Phi) is 21.7. The standard InChI is InChI=1S/C70H78N8O12S/c1-45(2)51-25-17-19-27-53(51)61-49(31-35-59(79)73-37-39-75(67(83)89-69(5,6)7)55(43-73)65(81)71-41-47-21-13-11-14-22-47)29-33-57(63(61)77(85)86)91-58-34-30-50(62(64(58)78(87)88)54-28-20-18-26-52(54)46(3)4)32-36-60(80)74-38-40-76(68(84)90-70(8,9)10)56(44-74)66(82)72-42-48-23-15-12-16-24-48/h11-36,45-46,55-56H,37-44H2,1-10H3,(H,71,81)(H,72,82). The van der Waals surface area contributed by atoms with E-state index in [0.29, 0.717) is 22.3 Å². The molecule has 2 aliphatic heterocycles. The van der Waals surface area contributed by atoms with Gasteiger partial charge in [-0.1, -0.05) is 161 Å². The second kappa shape index (κ2) is 29.3. The van der Waals surface area contributed by atoms with E-state index in [1.54, 1.807) is 77.9 Å². The lowest BCUT2D eigenvalue weighted by Gasteiger charge is -2.40. The van der Waals surface area contributed by atoms with Crippen molar-refractivity contribution in [2.45, 2.75) is 127 Å². The maximum Gasteiger partial charge on any atom is 0.411 e. The summed E-state index contributed by atoms with van der Waals surface area (Å²) in [4.78, 5) is 116. The van der Waals surface area contributed by atoms with Crippen LogP contribution in [0.1, 0.15) is 114 Å². The van der Waals surface area contributed by atoms with Gasteiger partial charge in [0.2, 0.25) is 23.6 Å². The van der Waals surface area contributed by atoms with Gasteiger partial charge >= 0.3 is 12.2 Å². The highest BCUT2D eigenvalue weighted by Gasteiger charge is 2.41. The molecule has 0 saturated carbocycles. The number of benzene rings is 6. The quantitative estimate of drug-likeness (QED) is 0.0462. The fourth-order valence-corrected chi connectivity index (χ4v) is 12.0. The normalized spacial score (nSPS) is 15.5. The Morgan fingerprint density at radius 1 is 0.527 bits per heavy atom. The third-order valence-electron chi connectivity index (χ3n) is 15.3. The number of hydrogen-bond donors (Lipinski definition) is 2. The molecule has 8 rings (SSSR count). The van der Waals surface area contributed by atoms with Crippen molar-refractivity contribution >= 4 is 71.1 Å². The van der Waals surface area contributed by atoms with Gasteiger partial charge in [-0.25, -0.2) is 9.59 Å². The highest BCUT2D eigenvalue weighted by Crippen LogP contribution is 2.50. The zero-order chi connectivity index (χ0) is 65.9. The maximum atomic E-state index is 14.4. The summed E-state index contributed by atoms with van der Waals surface area (Å²) in [5.74, 6) is -2.32. The first-order valence-corrected chi connectivity index (χ1v) is 31.1. The minimum Gasteiger partial charge on any atom is -0.444 e. The smallest absolute Gasteiger partial charge is 0.411 e. The molecule has 2 N–H and O–H groups in total. The number of rotatable bonds is 18. The van der Waals surface area contributed by atoms with Crippen molar-refractivity contribution in [2.75, 3.05) is 39.3 Å². The lowest BCUT2D eigenvalue weighted by atomic mass is 9.89. The second-order valence-electron chi connectivity index (χ2n) is 24.9. The summed E-state index contributed by atoms with van der Waals surface area (Å²) < 4.78 is 11.4. The lowest BCUT2D eigenvalue weighted by Crippen LogP contribution is -2.61. The Labute approximate surface area is 534 Å². The molecule has 2 saturated heterocycles. The van der Waals surface area contributed by atoms with E-state index in [4.69, 9.17) is 9.47 Å². The molecule has 0 aromatic heterocycles. The van der Waals surface area contributed by atoms with Gasteiger partial charge in [0.05, 0.1) is 43.9 Å². The van der Waals surface area contributed by atoms with Gasteiger partial charge in [-0.3, -0.25) is 49.2 Å². The number of carbonyl (C=O) groups is 6. The van der Waals surface area contributed by atoms with Gasteiger partial charge in [-0.2, -0.15) is 0 Å². The first-order chi connectivity index (χ1) is 43.2. The highest BCUT2D eigenvalue weighted by atomic mass is 32.2. The van der Waals surface area contributed by atoms with Crippen LogP contribution in [0.2, 0.25) is 0 Å². The van der Waals surface area contributed by atoms with Crippen molar-refractivity contribution in [2.24, 2.45) is 0 Å². The Morgan fingerprint density at radius 2 is 0.879 bits per heavy atom. The number of nitro groups is 2. The van der Waals surface area contributed by atoms with Crippen molar-refractivity contribution in [1.82, 2.24) is 30.2 Å². The van der Waals surface area contributed by atoms with E-state index in [2.05, 4.69) is 10.6 Å². The molecule has 0 aliphatic carbocycles. The fraction of sp³-hybridized carbons (Fsp3) is 0.343. The molecule has 0 bridgehead atoms. The molecule has 0 radical (unpaired) electrons. The third kappa shape index (κ3) is 17.0. The van der Waals surface area contributed by atoms with Crippen LogP contribution < -0.4 is 10.6 Å². The monoisotopic (exact) mass is 1250 g/mol.